The second-order valence-electron chi connectivity index (χ2n) is 6.54. The van der Waals surface area contributed by atoms with Crippen molar-refractivity contribution in [1.29, 1.82) is 0 Å². The first-order valence-corrected chi connectivity index (χ1v) is 12.4. The number of pyridine rings is 2. The summed E-state index contributed by atoms with van der Waals surface area (Å²) in [6.07, 6.45) is 7.07. The molecule has 0 bridgehead atoms. The number of rotatable bonds is 5. The summed E-state index contributed by atoms with van der Waals surface area (Å²) in [5.41, 5.74) is 4.02. The normalized spacial score (nSPS) is 11.1. The molecule has 3 heterocycles. The molecule has 0 radical (unpaired) electrons. The molecule has 0 atom stereocenters. The van der Waals surface area contributed by atoms with Gasteiger partial charge in [0.2, 0.25) is 0 Å². The first kappa shape index (κ1) is 20.2. The van der Waals surface area contributed by atoms with E-state index in [2.05, 4.69) is 43.8 Å². The van der Waals surface area contributed by atoms with Gasteiger partial charge in [-0.15, -0.1) is 6.58 Å². The van der Waals surface area contributed by atoms with E-state index >= 15 is 0 Å². The van der Waals surface area contributed by atoms with E-state index in [1.807, 2.05) is 34.4 Å². The van der Waals surface area contributed by atoms with Crippen molar-refractivity contribution in [2.24, 2.45) is 0 Å². The van der Waals surface area contributed by atoms with E-state index in [9.17, 15) is 4.79 Å². The molecule has 3 aromatic heterocycles. The first-order chi connectivity index (χ1) is 14.0. The van der Waals surface area contributed by atoms with Gasteiger partial charge in [-0.25, -0.2) is 4.98 Å². The highest BCUT2D eigenvalue weighted by atomic mass is 127. The summed E-state index contributed by atoms with van der Waals surface area (Å²) in [6, 6.07) is 9.74. The molecule has 1 aromatic carbocycles. The molecule has 1 amide bonds. The van der Waals surface area contributed by atoms with Gasteiger partial charge in [-0.2, -0.15) is 0 Å². The smallest absolute Gasteiger partial charge is 0.255 e. The number of nitrogens with zero attached hydrogens (tertiary/aromatic N) is 4. The third kappa shape index (κ3) is 3.74. The Hall–Kier alpha value is -2.10. The zero-order valence-corrected chi connectivity index (χ0v) is 19.2. The maximum absolute atomic E-state index is 12.7. The molecule has 0 aliphatic heterocycles. The van der Waals surface area contributed by atoms with Crippen molar-refractivity contribution in [3.63, 3.8) is 0 Å². The van der Waals surface area contributed by atoms with Crippen LogP contribution in [0.2, 0.25) is 5.02 Å². The Morgan fingerprint density at radius 2 is 2.21 bits per heavy atom. The van der Waals surface area contributed by atoms with Gasteiger partial charge in [0, 0.05) is 78.8 Å². The molecule has 0 unspecified atom stereocenters. The molecule has 29 heavy (non-hydrogen) atoms. The molecule has 8 heteroatoms. The number of likely N-dealkylation sites (N-methyl/N-ethyl adjacent to an activating group) is 1. The van der Waals surface area contributed by atoms with Crippen LogP contribution in [0.4, 0.5) is 0 Å². The maximum atomic E-state index is 12.7. The van der Waals surface area contributed by atoms with E-state index in [1.165, 1.54) is 9.12 Å². The minimum absolute atomic E-state index is 0.0964. The van der Waals surface area contributed by atoms with E-state index in [0.29, 0.717) is 17.1 Å². The van der Waals surface area contributed by atoms with Gasteiger partial charge in [-0.1, -0.05) is 23.7 Å². The van der Waals surface area contributed by atoms with Crippen LogP contribution in [-0.4, -0.2) is 38.3 Å². The number of carbonyl (C=O) groups is 1. The van der Waals surface area contributed by atoms with E-state index in [-0.39, 0.29) is 5.91 Å². The van der Waals surface area contributed by atoms with Crippen LogP contribution in [0.5, 0.6) is 0 Å². The lowest BCUT2D eigenvalue weighted by Gasteiger charge is -2.14. The van der Waals surface area contributed by atoms with Crippen LogP contribution in [0.25, 0.3) is 33.1 Å². The van der Waals surface area contributed by atoms with Crippen LogP contribution >= 0.6 is 41.9 Å². The highest BCUT2D eigenvalue weighted by molar-refractivity contribution is 14.2. The predicted molar refractivity (Wildman–Crippen MR) is 130 cm³/mol. The molecular weight excluding hydrogens is 519 g/mol. The van der Waals surface area contributed by atoms with Gasteiger partial charge in [0.25, 0.3) is 5.91 Å². The molecule has 0 fully saturated rings. The number of benzene rings is 1. The Balaban J connectivity index is 1.91. The van der Waals surface area contributed by atoms with Crippen LogP contribution in [0, 0.1) is 0 Å². The zero-order valence-electron chi connectivity index (χ0n) is 15.5. The first-order valence-electron chi connectivity index (χ1n) is 8.74. The average Bonchev–Trinajstić information content (AvgIpc) is 3.11. The van der Waals surface area contributed by atoms with Crippen molar-refractivity contribution in [2.75, 3.05) is 13.6 Å². The molecule has 0 aliphatic rings. The lowest BCUT2D eigenvalue weighted by atomic mass is 10.0. The number of carbonyl (C=O) groups excluding carboxylic acids is 1. The number of halogens is 2. The number of amides is 1. The number of hydrogen-bond donors (Lipinski definition) is 0. The average molecular weight is 535 g/mol. The van der Waals surface area contributed by atoms with Gasteiger partial charge in [-0.05, 0) is 29.8 Å². The van der Waals surface area contributed by atoms with Gasteiger partial charge < -0.3 is 4.90 Å². The second kappa shape index (κ2) is 8.33. The summed E-state index contributed by atoms with van der Waals surface area (Å²) in [7, 11) is 3.27. The highest BCUT2D eigenvalue weighted by Crippen LogP contribution is 2.37. The summed E-state index contributed by atoms with van der Waals surface area (Å²) in [5, 5.41) is 2.45. The Labute approximate surface area is 189 Å². The van der Waals surface area contributed by atoms with Crippen molar-refractivity contribution in [3.8, 4) is 11.1 Å². The third-order valence-corrected chi connectivity index (χ3v) is 6.64. The van der Waals surface area contributed by atoms with E-state index in [0.717, 1.165) is 33.1 Å². The monoisotopic (exact) mass is 534 g/mol. The molecule has 0 saturated heterocycles. The maximum Gasteiger partial charge on any atom is 0.255 e. The number of hydrogen-bond acceptors (Lipinski definition) is 4. The van der Waals surface area contributed by atoms with Crippen LogP contribution < -0.4 is 0 Å². The molecule has 0 N–H and O–H groups in total. The molecular formula is C21H16ClIN4OS. The van der Waals surface area contributed by atoms with Crippen LogP contribution in [0.15, 0.2) is 61.6 Å². The van der Waals surface area contributed by atoms with Gasteiger partial charge in [0.15, 0.2) is 5.65 Å². The SMILES string of the molecule is C=CCN(C)C(=O)c1cnc2c(c1)c(-c1cc(Cl)c3ncccc3c1)cn2SI. The zero-order chi connectivity index (χ0) is 20.5. The van der Waals surface area contributed by atoms with Crippen LogP contribution in [0.1, 0.15) is 10.4 Å². The van der Waals surface area contributed by atoms with Crippen LogP contribution in [0.3, 0.4) is 0 Å². The Morgan fingerprint density at radius 1 is 1.38 bits per heavy atom. The van der Waals surface area contributed by atoms with Crippen molar-refractivity contribution in [1.82, 2.24) is 18.8 Å². The topological polar surface area (TPSA) is 51.0 Å². The molecule has 4 aromatic rings. The van der Waals surface area contributed by atoms with E-state index in [4.69, 9.17) is 11.6 Å². The Bertz CT molecular complexity index is 1260. The fourth-order valence-corrected chi connectivity index (χ4v) is 4.81. The summed E-state index contributed by atoms with van der Waals surface area (Å²) >= 11 is 8.72. The second-order valence-corrected chi connectivity index (χ2v) is 8.66. The Morgan fingerprint density at radius 3 is 2.97 bits per heavy atom. The molecule has 146 valence electrons. The van der Waals surface area contributed by atoms with Crippen LogP contribution in [-0.2, 0) is 0 Å². The van der Waals surface area contributed by atoms with Gasteiger partial charge in [0.1, 0.15) is 0 Å². The molecule has 4 rings (SSSR count). The Kier molecular flexibility index (Phi) is 5.80. The molecule has 0 spiro atoms. The minimum atomic E-state index is -0.0964. The van der Waals surface area contributed by atoms with E-state index < -0.39 is 0 Å². The fourth-order valence-electron chi connectivity index (χ4n) is 3.28. The summed E-state index contributed by atoms with van der Waals surface area (Å²) < 4.78 is 1.98. The van der Waals surface area contributed by atoms with Crippen molar-refractivity contribution in [2.45, 2.75) is 0 Å². The lowest BCUT2D eigenvalue weighted by Crippen LogP contribution is -2.26. The van der Waals surface area contributed by atoms with Gasteiger partial charge >= 0.3 is 0 Å². The van der Waals surface area contributed by atoms with Crippen molar-refractivity contribution >= 4 is 69.8 Å². The summed E-state index contributed by atoms with van der Waals surface area (Å²) in [4.78, 5) is 23.3. The molecule has 0 aliphatic carbocycles. The number of aromatic nitrogens is 3. The third-order valence-electron chi connectivity index (χ3n) is 4.65. The van der Waals surface area contributed by atoms with E-state index in [1.54, 1.807) is 30.4 Å². The minimum Gasteiger partial charge on any atom is -0.338 e. The summed E-state index contributed by atoms with van der Waals surface area (Å²) in [6.45, 7) is 4.17. The fraction of sp³-hybridized carbons (Fsp3) is 0.0952. The molecule has 0 saturated carbocycles. The lowest BCUT2D eigenvalue weighted by molar-refractivity contribution is 0.0810. The quantitative estimate of drug-likeness (QED) is 0.232. The highest BCUT2D eigenvalue weighted by Gasteiger charge is 2.18. The van der Waals surface area contributed by atoms with Gasteiger partial charge in [0.05, 0.1) is 16.1 Å². The largest absolute Gasteiger partial charge is 0.338 e. The number of fused-ring (bicyclic) bond motifs is 2. The van der Waals surface area contributed by atoms with Crippen molar-refractivity contribution in [3.05, 3.63) is 72.2 Å². The standard InChI is InChI=1S/C21H16ClIN4OS/c1-3-7-26(2)21(28)15-9-16-17(12-27(29-23)20(16)25-11-15)14-8-13-5-4-6-24-19(13)18(22)10-14/h3-6,8-12H,1,7H2,2H3. The predicted octanol–water partition coefficient (Wildman–Crippen LogP) is 6.01. The molecule has 5 nitrogen and oxygen atoms in total. The van der Waals surface area contributed by atoms with Crippen molar-refractivity contribution < 1.29 is 4.79 Å². The summed E-state index contributed by atoms with van der Waals surface area (Å²) in [5.74, 6) is -0.0964. The van der Waals surface area contributed by atoms with Gasteiger partial charge in [-0.3, -0.25) is 13.8 Å².